The van der Waals surface area contributed by atoms with Crippen molar-refractivity contribution in [2.24, 2.45) is 5.92 Å². The van der Waals surface area contributed by atoms with Crippen LogP contribution in [-0.4, -0.2) is 48.4 Å². The SMILES string of the molecule is C[C@@H](O)[C@@H]1CCN(C(=O)NCCOc2cccc(C(F)(F)F)c2)C1. The number of rotatable bonds is 5. The number of nitrogens with zero attached hydrogens (tertiary/aromatic N) is 1. The number of carbonyl (C=O) groups is 1. The lowest BCUT2D eigenvalue weighted by molar-refractivity contribution is -0.137. The number of halogens is 3. The maximum Gasteiger partial charge on any atom is 0.416 e. The molecule has 0 radical (unpaired) electrons. The largest absolute Gasteiger partial charge is 0.492 e. The first kappa shape index (κ1) is 18.4. The second-order valence-corrected chi connectivity index (χ2v) is 5.84. The highest BCUT2D eigenvalue weighted by molar-refractivity contribution is 5.74. The second kappa shape index (κ2) is 7.74. The number of ether oxygens (including phenoxy) is 1. The summed E-state index contributed by atoms with van der Waals surface area (Å²) in [6.45, 7) is 3.04. The molecule has 0 spiro atoms. The molecule has 1 aromatic carbocycles. The van der Waals surface area contributed by atoms with Crippen LogP contribution in [-0.2, 0) is 6.18 Å². The standard InChI is InChI=1S/C16H21F3N2O3/c1-11(22)12-5-7-21(10-12)15(23)20-6-8-24-14-4-2-3-13(9-14)16(17,18)19/h2-4,9,11-12,22H,5-8,10H2,1H3,(H,20,23)/t11-,12-/m1/s1. The molecule has 1 aromatic rings. The van der Waals surface area contributed by atoms with Crippen LogP contribution in [0.25, 0.3) is 0 Å². The van der Waals surface area contributed by atoms with Gasteiger partial charge in [-0.25, -0.2) is 4.79 Å². The fourth-order valence-electron chi connectivity index (χ4n) is 2.57. The van der Waals surface area contributed by atoms with Crippen LogP contribution in [0.15, 0.2) is 24.3 Å². The third-order valence-electron chi connectivity index (χ3n) is 4.00. The summed E-state index contributed by atoms with van der Waals surface area (Å²) in [5.74, 6) is 0.187. The topological polar surface area (TPSA) is 61.8 Å². The van der Waals surface area contributed by atoms with Crippen molar-refractivity contribution in [3.8, 4) is 5.75 Å². The Morgan fingerprint density at radius 1 is 1.50 bits per heavy atom. The number of carbonyl (C=O) groups excluding carboxylic acids is 1. The third kappa shape index (κ3) is 5.02. The fourth-order valence-corrected chi connectivity index (χ4v) is 2.57. The average Bonchev–Trinajstić information content (AvgIpc) is 3.01. The lowest BCUT2D eigenvalue weighted by atomic mass is 10.0. The molecule has 2 amide bonds. The van der Waals surface area contributed by atoms with Crippen LogP contribution in [0.3, 0.4) is 0 Å². The molecule has 0 bridgehead atoms. The first-order valence-corrected chi connectivity index (χ1v) is 7.78. The van der Waals surface area contributed by atoms with E-state index in [1.54, 1.807) is 11.8 Å². The van der Waals surface area contributed by atoms with Gasteiger partial charge in [0.15, 0.2) is 0 Å². The van der Waals surface area contributed by atoms with Crippen molar-refractivity contribution >= 4 is 6.03 Å². The maximum absolute atomic E-state index is 12.6. The maximum atomic E-state index is 12.6. The number of aliphatic hydroxyl groups excluding tert-OH is 1. The number of alkyl halides is 3. The lowest BCUT2D eigenvalue weighted by Crippen LogP contribution is -2.40. The summed E-state index contributed by atoms with van der Waals surface area (Å²) >= 11 is 0. The molecule has 134 valence electrons. The Hall–Kier alpha value is -1.96. The summed E-state index contributed by atoms with van der Waals surface area (Å²) in [5, 5.41) is 12.2. The molecule has 1 fully saturated rings. The summed E-state index contributed by atoms with van der Waals surface area (Å²) in [5.41, 5.74) is -0.773. The van der Waals surface area contributed by atoms with Gasteiger partial charge in [0.1, 0.15) is 12.4 Å². The van der Waals surface area contributed by atoms with Gasteiger partial charge in [-0.15, -0.1) is 0 Å². The fraction of sp³-hybridized carbons (Fsp3) is 0.562. The summed E-state index contributed by atoms with van der Waals surface area (Å²) in [7, 11) is 0. The van der Waals surface area contributed by atoms with E-state index >= 15 is 0 Å². The Kier molecular flexibility index (Phi) is 5.93. The minimum absolute atomic E-state index is 0.0702. The highest BCUT2D eigenvalue weighted by atomic mass is 19.4. The number of benzene rings is 1. The highest BCUT2D eigenvalue weighted by Crippen LogP contribution is 2.31. The van der Waals surface area contributed by atoms with Crippen LogP contribution >= 0.6 is 0 Å². The molecule has 1 aliphatic rings. The van der Waals surface area contributed by atoms with Crippen molar-refractivity contribution in [1.29, 1.82) is 0 Å². The van der Waals surface area contributed by atoms with E-state index < -0.39 is 17.8 Å². The van der Waals surface area contributed by atoms with Gasteiger partial charge in [0, 0.05) is 19.0 Å². The number of hydrogen-bond donors (Lipinski definition) is 2. The highest BCUT2D eigenvalue weighted by Gasteiger charge is 2.31. The predicted molar refractivity (Wildman–Crippen MR) is 81.7 cm³/mol. The van der Waals surface area contributed by atoms with Gasteiger partial charge in [0.25, 0.3) is 0 Å². The molecule has 0 aromatic heterocycles. The van der Waals surface area contributed by atoms with Crippen LogP contribution < -0.4 is 10.1 Å². The molecular weight excluding hydrogens is 325 g/mol. The van der Waals surface area contributed by atoms with Crippen LogP contribution in [0.1, 0.15) is 18.9 Å². The molecule has 0 saturated carbocycles. The Bertz CT molecular complexity index is 564. The van der Waals surface area contributed by atoms with E-state index in [9.17, 15) is 23.1 Å². The van der Waals surface area contributed by atoms with E-state index in [0.29, 0.717) is 13.1 Å². The molecule has 8 heteroatoms. The second-order valence-electron chi connectivity index (χ2n) is 5.84. The number of aliphatic hydroxyl groups is 1. The van der Waals surface area contributed by atoms with Gasteiger partial charge >= 0.3 is 12.2 Å². The van der Waals surface area contributed by atoms with Gasteiger partial charge in [-0.05, 0) is 31.5 Å². The van der Waals surface area contributed by atoms with Gasteiger partial charge in [-0.2, -0.15) is 13.2 Å². The lowest BCUT2D eigenvalue weighted by Gasteiger charge is -2.18. The molecule has 2 atom stereocenters. The van der Waals surface area contributed by atoms with Crippen LogP contribution in [0.5, 0.6) is 5.75 Å². The van der Waals surface area contributed by atoms with Crippen molar-refractivity contribution in [1.82, 2.24) is 10.2 Å². The normalized spacial score (nSPS) is 19.2. The van der Waals surface area contributed by atoms with Gasteiger partial charge < -0.3 is 20.1 Å². The molecule has 2 N–H and O–H groups in total. The van der Waals surface area contributed by atoms with E-state index in [4.69, 9.17) is 4.74 Å². The zero-order chi connectivity index (χ0) is 17.7. The van der Waals surface area contributed by atoms with Gasteiger partial charge in [0.2, 0.25) is 0 Å². The summed E-state index contributed by atoms with van der Waals surface area (Å²) in [6, 6.07) is 4.35. The van der Waals surface area contributed by atoms with Crippen LogP contribution in [0, 0.1) is 5.92 Å². The molecule has 0 unspecified atom stereocenters. The van der Waals surface area contributed by atoms with Gasteiger partial charge in [-0.3, -0.25) is 0 Å². The molecule has 1 aliphatic heterocycles. The Morgan fingerprint density at radius 3 is 2.88 bits per heavy atom. The van der Waals surface area contributed by atoms with E-state index in [-0.39, 0.29) is 30.9 Å². The molecule has 1 saturated heterocycles. The van der Waals surface area contributed by atoms with E-state index in [1.165, 1.54) is 12.1 Å². The smallest absolute Gasteiger partial charge is 0.416 e. The number of urea groups is 1. The summed E-state index contributed by atoms with van der Waals surface area (Å²) in [4.78, 5) is 13.6. The van der Waals surface area contributed by atoms with Crippen LogP contribution in [0.4, 0.5) is 18.0 Å². The Balaban J connectivity index is 1.73. The predicted octanol–water partition coefficient (Wildman–Crippen LogP) is 2.50. The van der Waals surface area contributed by atoms with Crippen LogP contribution in [0.2, 0.25) is 0 Å². The van der Waals surface area contributed by atoms with Crippen molar-refractivity contribution in [3.05, 3.63) is 29.8 Å². The molecule has 5 nitrogen and oxygen atoms in total. The van der Waals surface area contributed by atoms with E-state index in [0.717, 1.165) is 18.6 Å². The molecular formula is C16H21F3N2O3. The van der Waals surface area contributed by atoms with Gasteiger partial charge in [-0.1, -0.05) is 6.07 Å². The first-order chi connectivity index (χ1) is 11.3. The van der Waals surface area contributed by atoms with Crippen molar-refractivity contribution in [3.63, 3.8) is 0 Å². The number of amides is 2. The minimum atomic E-state index is -4.41. The Labute approximate surface area is 138 Å². The summed E-state index contributed by atoms with van der Waals surface area (Å²) in [6.07, 6.45) is -4.11. The zero-order valence-electron chi connectivity index (χ0n) is 13.3. The monoisotopic (exact) mass is 346 g/mol. The number of hydrogen-bond acceptors (Lipinski definition) is 3. The summed E-state index contributed by atoms with van der Waals surface area (Å²) < 4.78 is 43.0. The molecule has 2 rings (SSSR count). The van der Waals surface area contributed by atoms with Gasteiger partial charge in [0.05, 0.1) is 18.2 Å². The minimum Gasteiger partial charge on any atom is -0.492 e. The zero-order valence-corrected chi connectivity index (χ0v) is 13.3. The molecule has 24 heavy (non-hydrogen) atoms. The first-order valence-electron chi connectivity index (χ1n) is 7.78. The van der Waals surface area contributed by atoms with E-state index in [2.05, 4.69) is 5.32 Å². The number of likely N-dealkylation sites (tertiary alicyclic amines) is 1. The average molecular weight is 346 g/mol. The van der Waals surface area contributed by atoms with E-state index in [1.807, 2.05) is 0 Å². The van der Waals surface area contributed by atoms with Crippen molar-refractivity contribution < 1.29 is 27.8 Å². The van der Waals surface area contributed by atoms with Crippen molar-refractivity contribution in [2.45, 2.75) is 25.6 Å². The quantitative estimate of drug-likeness (QED) is 0.806. The molecule has 0 aliphatic carbocycles. The Morgan fingerprint density at radius 2 is 2.25 bits per heavy atom. The van der Waals surface area contributed by atoms with Crippen molar-refractivity contribution in [2.75, 3.05) is 26.2 Å². The number of nitrogens with one attached hydrogen (secondary N) is 1. The molecule has 1 heterocycles. The third-order valence-corrected chi connectivity index (χ3v) is 4.00.